The van der Waals surface area contributed by atoms with E-state index in [1.807, 2.05) is 18.6 Å². The molecule has 0 bridgehead atoms. The van der Waals surface area contributed by atoms with Gasteiger partial charge < -0.3 is 0 Å². The van der Waals surface area contributed by atoms with Crippen LogP contribution in [0.15, 0.2) is 164 Å². The van der Waals surface area contributed by atoms with Gasteiger partial charge in [0.25, 0.3) is 0 Å². The summed E-state index contributed by atoms with van der Waals surface area (Å²) in [5, 5.41) is 11.8. The molecule has 10 rings (SSSR count). The van der Waals surface area contributed by atoms with Crippen molar-refractivity contribution in [2.24, 2.45) is 0 Å². The molecule has 0 amide bonds. The summed E-state index contributed by atoms with van der Waals surface area (Å²) < 4.78 is 0. The molecule has 3 aromatic heterocycles. The Labute approximate surface area is 276 Å². The van der Waals surface area contributed by atoms with Crippen molar-refractivity contribution >= 4 is 64.9 Å². The zero-order chi connectivity index (χ0) is 31.6. The van der Waals surface area contributed by atoms with Crippen LogP contribution >= 0.6 is 0 Å². The van der Waals surface area contributed by atoms with E-state index in [2.05, 4.69) is 151 Å². The van der Waals surface area contributed by atoms with E-state index < -0.39 is 0 Å². The number of aromatic nitrogens is 3. The smallest absolute Gasteiger partial charge is 0.0788 e. The molecule has 0 aliphatic heterocycles. The number of fused-ring (bicyclic) bond motifs is 9. The molecule has 0 radical (unpaired) electrons. The summed E-state index contributed by atoms with van der Waals surface area (Å²) in [6, 6.07) is 52.0. The largest absolute Gasteiger partial charge is 0.265 e. The first-order valence-corrected chi connectivity index (χ1v) is 16.3. The third-order valence-electron chi connectivity index (χ3n) is 9.75. The minimum absolute atomic E-state index is 0.964. The van der Waals surface area contributed by atoms with Crippen LogP contribution in [0.2, 0.25) is 0 Å². The minimum Gasteiger partial charge on any atom is -0.265 e. The summed E-state index contributed by atoms with van der Waals surface area (Å²) in [7, 11) is 0. The molecule has 0 saturated carbocycles. The second kappa shape index (κ2) is 10.5. The maximum absolute atomic E-state index is 5.44. The molecule has 0 aliphatic carbocycles. The van der Waals surface area contributed by atoms with Crippen LogP contribution in [0.1, 0.15) is 0 Å². The van der Waals surface area contributed by atoms with Crippen molar-refractivity contribution in [1.29, 1.82) is 0 Å². The van der Waals surface area contributed by atoms with Gasteiger partial charge >= 0.3 is 0 Å². The Morgan fingerprint density at radius 1 is 0.375 bits per heavy atom. The van der Waals surface area contributed by atoms with Crippen molar-refractivity contribution in [3.63, 3.8) is 0 Å². The van der Waals surface area contributed by atoms with E-state index in [1.165, 1.54) is 48.8 Å². The van der Waals surface area contributed by atoms with Crippen molar-refractivity contribution in [2.75, 3.05) is 0 Å². The number of benzene rings is 7. The van der Waals surface area contributed by atoms with Gasteiger partial charge in [-0.1, -0.05) is 115 Å². The molecule has 0 spiro atoms. The van der Waals surface area contributed by atoms with E-state index in [9.17, 15) is 0 Å². The van der Waals surface area contributed by atoms with E-state index in [-0.39, 0.29) is 0 Å². The lowest BCUT2D eigenvalue weighted by Gasteiger charge is -2.18. The normalized spacial score (nSPS) is 11.8. The highest BCUT2D eigenvalue weighted by Crippen LogP contribution is 2.45. The predicted octanol–water partition coefficient (Wildman–Crippen LogP) is 11.8. The Bertz CT molecular complexity index is 2820. The molecule has 0 saturated heterocycles. The Balaban J connectivity index is 1.35. The molecule has 222 valence electrons. The third-order valence-corrected chi connectivity index (χ3v) is 9.75. The van der Waals surface area contributed by atoms with Gasteiger partial charge in [-0.3, -0.25) is 9.97 Å². The lowest BCUT2D eigenvalue weighted by Crippen LogP contribution is -1.94. The lowest BCUT2D eigenvalue weighted by atomic mass is 9.85. The standard InChI is InChI=1S/C45H27N3/c1-2-10-29(11-3-1)45-38-20-21-39-44(32-13-5-4-12-31(32)27-47-39)43(38)37-19-18-30(26-40(37)48-45)42-35-16-8-6-14-33(35)41(28-22-24-46-25-23-28)34-15-7-9-17-36(34)42/h1-27H. The van der Waals surface area contributed by atoms with Crippen LogP contribution < -0.4 is 0 Å². The second-order valence-electron chi connectivity index (χ2n) is 12.4. The monoisotopic (exact) mass is 609 g/mol. The Morgan fingerprint density at radius 3 is 1.69 bits per heavy atom. The van der Waals surface area contributed by atoms with Gasteiger partial charge in [0.1, 0.15) is 0 Å². The molecular weight excluding hydrogens is 583 g/mol. The van der Waals surface area contributed by atoms with Crippen molar-refractivity contribution < 1.29 is 0 Å². The van der Waals surface area contributed by atoms with E-state index in [1.54, 1.807) is 0 Å². The zero-order valence-corrected chi connectivity index (χ0v) is 25.9. The molecule has 7 aromatic carbocycles. The van der Waals surface area contributed by atoms with Crippen molar-refractivity contribution in [3.8, 4) is 33.5 Å². The maximum atomic E-state index is 5.44. The van der Waals surface area contributed by atoms with Gasteiger partial charge in [-0.05, 0) is 79.5 Å². The molecule has 0 unspecified atom stereocenters. The maximum Gasteiger partial charge on any atom is 0.0788 e. The fraction of sp³-hybridized carbons (Fsp3) is 0. The molecule has 48 heavy (non-hydrogen) atoms. The molecule has 3 heteroatoms. The first kappa shape index (κ1) is 26.7. The number of hydrogen-bond acceptors (Lipinski definition) is 3. The molecule has 10 aromatic rings. The van der Waals surface area contributed by atoms with Gasteiger partial charge in [0.2, 0.25) is 0 Å². The molecule has 0 aliphatic rings. The van der Waals surface area contributed by atoms with E-state index in [0.717, 1.165) is 49.6 Å². The molecule has 3 nitrogen and oxygen atoms in total. The second-order valence-corrected chi connectivity index (χ2v) is 12.4. The zero-order valence-electron chi connectivity index (χ0n) is 25.9. The summed E-state index contributed by atoms with van der Waals surface area (Å²) in [6.07, 6.45) is 5.73. The van der Waals surface area contributed by atoms with Gasteiger partial charge in [0.05, 0.1) is 16.7 Å². The molecule has 0 N–H and O–H groups in total. The summed E-state index contributed by atoms with van der Waals surface area (Å²) in [5.74, 6) is 0. The van der Waals surface area contributed by atoms with E-state index in [4.69, 9.17) is 9.97 Å². The molecule has 0 atom stereocenters. The average Bonchev–Trinajstić information content (AvgIpc) is 3.16. The lowest BCUT2D eigenvalue weighted by molar-refractivity contribution is 1.33. The van der Waals surface area contributed by atoms with Gasteiger partial charge in [0, 0.05) is 51.1 Å². The van der Waals surface area contributed by atoms with Crippen LogP contribution in [0, 0.1) is 0 Å². The number of pyridine rings is 3. The molecular formula is C45H27N3. The Hall–Kier alpha value is -6.45. The molecule has 3 heterocycles. The van der Waals surface area contributed by atoms with Crippen LogP contribution in [0.25, 0.3) is 98.4 Å². The van der Waals surface area contributed by atoms with Crippen LogP contribution in [-0.4, -0.2) is 15.0 Å². The summed E-state index contributed by atoms with van der Waals surface area (Å²) in [4.78, 5) is 14.7. The number of rotatable bonds is 3. The average molecular weight is 610 g/mol. The van der Waals surface area contributed by atoms with E-state index in [0.29, 0.717) is 0 Å². The first-order chi connectivity index (χ1) is 23.8. The van der Waals surface area contributed by atoms with Gasteiger partial charge in [-0.2, -0.15) is 0 Å². The summed E-state index contributed by atoms with van der Waals surface area (Å²) in [6.45, 7) is 0. The molecule has 0 fully saturated rings. The van der Waals surface area contributed by atoms with Crippen molar-refractivity contribution in [1.82, 2.24) is 15.0 Å². The van der Waals surface area contributed by atoms with Gasteiger partial charge in [-0.25, -0.2) is 4.98 Å². The fourth-order valence-corrected chi connectivity index (χ4v) is 7.68. The quantitative estimate of drug-likeness (QED) is 0.148. The highest BCUT2D eigenvalue weighted by molar-refractivity contribution is 6.29. The van der Waals surface area contributed by atoms with E-state index >= 15 is 0 Å². The first-order valence-electron chi connectivity index (χ1n) is 16.3. The minimum atomic E-state index is 0.964. The topological polar surface area (TPSA) is 38.7 Å². The van der Waals surface area contributed by atoms with Crippen molar-refractivity contribution in [2.45, 2.75) is 0 Å². The van der Waals surface area contributed by atoms with Crippen LogP contribution in [0.3, 0.4) is 0 Å². The van der Waals surface area contributed by atoms with Crippen LogP contribution in [0.4, 0.5) is 0 Å². The van der Waals surface area contributed by atoms with Crippen LogP contribution in [0.5, 0.6) is 0 Å². The van der Waals surface area contributed by atoms with Gasteiger partial charge in [0.15, 0.2) is 0 Å². The number of nitrogens with zero attached hydrogens (tertiary/aromatic N) is 3. The SMILES string of the molecule is c1ccc(-c2nc3cc(-c4c5ccccc5c(-c5ccncc5)c5ccccc45)ccc3c3c2ccc2ncc4ccccc4c23)cc1. The highest BCUT2D eigenvalue weighted by atomic mass is 14.7. The van der Waals surface area contributed by atoms with Crippen LogP contribution in [-0.2, 0) is 0 Å². The highest BCUT2D eigenvalue weighted by Gasteiger charge is 2.19. The van der Waals surface area contributed by atoms with Gasteiger partial charge in [-0.15, -0.1) is 0 Å². The third kappa shape index (κ3) is 3.98. The fourth-order valence-electron chi connectivity index (χ4n) is 7.68. The Kier molecular flexibility index (Phi) is 5.87. The Morgan fingerprint density at radius 2 is 0.979 bits per heavy atom. The summed E-state index contributed by atoms with van der Waals surface area (Å²) in [5.41, 5.74) is 8.78. The van der Waals surface area contributed by atoms with Crippen molar-refractivity contribution in [3.05, 3.63) is 164 Å². The summed E-state index contributed by atoms with van der Waals surface area (Å²) >= 11 is 0. The number of hydrogen-bond donors (Lipinski definition) is 0. The predicted molar refractivity (Wildman–Crippen MR) is 201 cm³/mol.